The molecular weight excluding hydrogens is 352 g/mol. The second-order valence-electron chi connectivity index (χ2n) is 5.96. The van der Waals surface area contributed by atoms with Gasteiger partial charge in [-0.3, -0.25) is 0 Å². The lowest BCUT2D eigenvalue weighted by Gasteiger charge is -2.23. The first kappa shape index (κ1) is 16.0. The lowest BCUT2D eigenvalue weighted by Crippen LogP contribution is -2.38. The van der Waals surface area contributed by atoms with Crippen molar-refractivity contribution in [3.05, 3.63) is 70.8 Å². The van der Waals surface area contributed by atoms with Crippen molar-refractivity contribution in [2.24, 2.45) is 0 Å². The molecule has 4 rings (SSSR count). The number of methoxy groups -OCH3 is 1. The van der Waals surface area contributed by atoms with Crippen LogP contribution in [-0.4, -0.2) is 26.6 Å². The predicted octanol–water partition coefficient (Wildman–Crippen LogP) is 3.41. The minimum atomic E-state index is -0.559. The maximum Gasteiger partial charge on any atom is 0.221 e. The average molecular weight is 368 g/mol. The van der Waals surface area contributed by atoms with Crippen molar-refractivity contribution in [2.45, 2.75) is 12.5 Å². The zero-order valence-corrected chi connectivity index (χ0v) is 15.4. The van der Waals surface area contributed by atoms with Crippen molar-refractivity contribution < 1.29 is 4.74 Å². The molecule has 1 atom stereocenters. The second-order valence-corrected chi connectivity index (χ2v) is 6.71. The third-order valence-electron chi connectivity index (χ3n) is 4.45. The Morgan fingerprint density at radius 1 is 1.00 bits per heavy atom. The first-order valence-electron chi connectivity index (χ1n) is 7.79. The maximum atomic E-state index is 5.59. The van der Waals surface area contributed by atoms with Crippen molar-refractivity contribution in [3.8, 4) is 11.4 Å². The summed E-state index contributed by atoms with van der Waals surface area (Å²) < 4.78 is 9.45. The highest BCUT2D eigenvalue weighted by Gasteiger charge is 2.42. The Morgan fingerprint density at radius 2 is 1.68 bits per heavy atom. The Kier molecular flexibility index (Phi) is 3.70. The van der Waals surface area contributed by atoms with Gasteiger partial charge in [0.15, 0.2) is 10.9 Å². The molecule has 0 radical (unpaired) electrons. The van der Waals surface area contributed by atoms with Gasteiger partial charge in [-0.15, -0.1) is 0 Å². The Labute approximate surface area is 155 Å². The Balaban J connectivity index is 1.90. The second kappa shape index (κ2) is 5.79. The molecule has 126 valence electrons. The molecule has 7 heteroatoms. The van der Waals surface area contributed by atoms with E-state index in [9.17, 15) is 0 Å². The molecule has 3 aromatic rings. The monoisotopic (exact) mass is 368 g/mol. The third-order valence-corrected chi connectivity index (χ3v) is 4.99. The molecule has 0 amide bonds. The molecule has 1 aliphatic heterocycles. The van der Waals surface area contributed by atoms with Gasteiger partial charge in [-0.2, -0.15) is 0 Å². The van der Waals surface area contributed by atoms with Crippen LogP contribution in [0.15, 0.2) is 54.6 Å². The average Bonchev–Trinajstić information content (AvgIpc) is 3.11. The molecule has 1 aliphatic rings. The summed E-state index contributed by atoms with van der Waals surface area (Å²) in [5.41, 5.74) is 1.40. The van der Waals surface area contributed by atoms with Gasteiger partial charge in [0, 0.05) is 0 Å². The topological polar surface area (TPSA) is 44.0 Å². The van der Waals surface area contributed by atoms with E-state index in [1.165, 1.54) is 0 Å². The summed E-state index contributed by atoms with van der Waals surface area (Å²) in [6.07, 6.45) is 0. The first-order chi connectivity index (χ1) is 12.0. The van der Waals surface area contributed by atoms with E-state index in [-0.39, 0.29) is 0 Å². The molecule has 2 aromatic carbocycles. The number of rotatable bonds is 3. The lowest BCUT2D eigenvalue weighted by atomic mass is 9.92. The van der Waals surface area contributed by atoms with Crippen molar-refractivity contribution >= 4 is 29.5 Å². The van der Waals surface area contributed by atoms with Gasteiger partial charge in [0.05, 0.1) is 12.8 Å². The van der Waals surface area contributed by atoms with E-state index in [0.29, 0.717) is 9.88 Å². The summed E-state index contributed by atoms with van der Waals surface area (Å²) in [7, 11) is 1.65. The fraction of sp³-hybridized carbons (Fsp3) is 0.167. The maximum absolute atomic E-state index is 5.59. The normalized spacial score (nSPS) is 18.7. The largest absolute Gasteiger partial charge is 0.497 e. The summed E-state index contributed by atoms with van der Waals surface area (Å²) >= 11 is 11.1. The van der Waals surface area contributed by atoms with Gasteiger partial charge in [0.2, 0.25) is 4.77 Å². The number of aromatic nitrogens is 3. The highest BCUT2D eigenvalue weighted by Crippen LogP contribution is 2.34. The molecule has 2 heterocycles. The minimum absolute atomic E-state index is 0.477. The first-order valence-corrected chi connectivity index (χ1v) is 8.61. The van der Waals surface area contributed by atoms with Crippen LogP contribution in [0.4, 0.5) is 0 Å². The molecule has 0 saturated heterocycles. The van der Waals surface area contributed by atoms with E-state index in [1.807, 2.05) is 64.0 Å². The number of hydrogen-bond acceptors (Lipinski definition) is 4. The molecule has 25 heavy (non-hydrogen) atoms. The fourth-order valence-electron chi connectivity index (χ4n) is 3.12. The predicted molar refractivity (Wildman–Crippen MR) is 103 cm³/mol. The number of nitrogens with one attached hydrogen (secondary N) is 1. The Hall–Kier alpha value is -2.51. The number of fused-ring (bicyclic) bond motifs is 1. The quantitative estimate of drug-likeness (QED) is 0.718. The van der Waals surface area contributed by atoms with Crippen molar-refractivity contribution in [3.63, 3.8) is 0 Å². The van der Waals surface area contributed by atoms with E-state index < -0.39 is 5.54 Å². The smallest absolute Gasteiger partial charge is 0.221 e. The summed E-state index contributed by atoms with van der Waals surface area (Å²) in [5.74, 6) is 1.58. The van der Waals surface area contributed by atoms with E-state index >= 15 is 0 Å². The molecule has 1 unspecified atom stereocenters. The van der Waals surface area contributed by atoms with Gasteiger partial charge >= 0.3 is 0 Å². The number of thiocarbonyl (C=S) groups is 1. The van der Waals surface area contributed by atoms with Crippen LogP contribution < -0.4 is 10.1 Å². The van der Waals surface area contributed by atoms with Crippen molar-refractivity contribution in [1.29, 1.82) is 0 Å². The molecular formula is C18H16N4OS2. The Morgan fingerprint density at radius 3 is 2.32 bits per heavy atom. The van der Waals surface area contributed by atoms with Crippen LogP contribution >= 0.6 is 24.4 Å². The summed E-state index contributed by atoms with van der Waals surface area (Å²) in [6.45, 7) is 2.05. The SMILES string of the molecule is COc1ccc(C2(C)NC(=S)n3c2nc(=S)n3-c2ccccc2)cc1. The Bertz CT molecular complexity index is 1010. The highest BCUT2D eigenvalue weighted by atomic mass is 32.1. The van der Waals surface area contributed by atoms with Gasteiger partial charge < -0.3 is 10.1 Å². The number of benzene rings is 2. The number of para-hydroxylation sites is 1. The number of hydrogen-bond donors (Lipinski definition) is 1. The summed E-state index contributed by atoms with van der Waals surface area (Å²) in [5, 5.41) is 3.96. The summed E-state index contributed by atoms with van der Waals surface area (Å²) in [4.78, 5) is 4.65. The van der Waals surface area contributed by atoms with Gasteiger partial charge in [0.1, 0.15) is 11.3 Å². The molecule has 0 fully saturated rings. The molecule has 0 aliphatic carbocycles. The zero-order valence-electron chi connectivity index (χ0n) is 13.8. The van der Waals surface area contributed by atoms with Gasteiger partial charge in [-0.25, -0.2) is 14.3 Å². The highest BCUT2D eigenvalue weighted by molar-refractivity contribution is 7.80. The van der Waals surface area contributed by atoms with E-state index in [4.69, 9.17) is 29.2 Å². The number of nitrogens with zero attached hydrogens (tertiary/aromatic N) is 3. The molecule has 1 aromatic heterocycles. The number of ether oxygens (including phenoxy) is 1. The third kappa shape index (κ3) is 2.39. The fourth-order valence-corrected chi connectivity index (χ4v) is 3.77. The van der Waals surface area contributed by atoms with Gasteiger partial charge in [-0.05, 0) is 61.2 Å². The van der Waals surface area contributed by atoms with E-state index in [1.54, 1.807) is 7.11 Å². The van der Waals surface area contributed by atoms with Gasteiger partial charge in [0.25, 0.3) is 0 Å². The van der Waals surface area contributed by atoms with Crippen LogP contribution in [0.5, 0.6) is 5.75 Å². The summed E-state index contributed by atoms with van der Waals surface area (Å²) in [6, 6.07) is 17.7. The lowest BCUT2D eigenvalue weighted by molar-refractivity contribution is 0.414. The van der Waals surface area contributed by atoms with Crippen molar-refractivity contribution in [2.75, 3.05) is 7.11 Å². The molecule has 1 N–H and O–H groups in total. The molecule has 0 bridgehead atoms. The minimum Gasteiger partial charge on any atom is -0.497 e. The van der Waals surface area contributed by atoms with Crippen LogP contribution in [0, 0.1) is 4.77 Å². The molecule has 0 saturated carbocycles. The van der Waals surface area contributed by atoms with Crippen LogP contribution in [0.3, 0.4) is 0 Å². The van der Waals surface area contributed by atoms with E-state index in [2.05, 4.69) is 17.2 Å². The van der Waals surface area contributed by atoms with Crippen LogP contribution in [-0.2, 0) is 5.54 Å². The van der Waals surface area contributed by atoms with Crippen LogP contribution in [0.1, 0.15) is 18.3 Å². The standard InChI is InChI=1S/C18H16N4OS2/c1-18(12-8-10-14(23-2)11-9-12)15-19-16(24)21(22(15)17(25)20-18)13-6-4-3-5-7-13/h3-11H,1-2H3,(H,20,25). The van der Waals surface area contributed by atoms with E-state index in [0.717, 1.165) is 22.8 Å². The van der Waals surface area contributed by atoms with Gasteiger partial charge in [-0.1, -0.05) is 30.3 Å². The van der Waals surface area contributed by atoms with Crippen molar-refractivity contribution in [1.82, 2.24) is 19.7 Å². The van der Waals surface area contributed by atoms with Crippen LogP contribution in [0.2, 0.25) is 0 Å². The molecule has 5 nitrogen and oxygen atoms in total. The molecule has 0 spiro atoms. The van der Waals surface area contributed by atoms with Crippen LogP contribution in [0.25, 0.3) is 5.69 Å². The zero-order chi connectivity index (χ0) is 17.6.